The van der Waals surface area contributed by atoms with Crippen molar-refractivity contribution in [3.63, 3.8) is 0 Å². The molecular weight excluding hydrogens is 378 g/mol. The summed E-state index contributed by atoms with van der Waals surface area (Å²) >= 11 is 1.50. The Morgan fingerprint density at radius 2 is 2.00 bits per heavy atom. The Balaban J connectivity index is 1.53. The summed E-state index contributed by atoms with van der Waals surface area (Å²) in [6.07, 6.45) is 3.49. The number of benzene rings is 1. The van der Waals surface area contributed by atoms with E-state index in [0.29, 0.717) is 17.2 Å². The Bertz CT molecular complexity index is 855. The minimum Gasteiger partial charge on any atom is -0.481 e. The average molecular weight is 394 g/mol. The molecule has 3 aliphatic rings. The van der Waals surface area contributed by atoms with Gasteiger partial charge in [-0.2, -0.15) is 11.8 Å². The van der Waals surface area contributed by atoms with E-state index in [4.69, 9.17) is 9.94 Å². The van der Waals surface area contributed by atoms with Crippen LogP contribution in [0.5, 0.6) is 0 Å². The van der Waals surface area contributed by atoms with Crippen LogP contribution < -0.4 is 5.32 Å². The number of hydrogen-bond acceptors (Lipinski definition) is 5. The number of thioether (sulfide) groups is 1. The highest BCUT2D eigenvalue weighted by molar-refractivity contribution is 7.99. The Morgan fingerprint density at radius 1 is 1.26 bits per heavy atom. The quantitative estimate of drug-likeness (QED) is 0.762. The predicted octanol–water partition coefficient (Wildman–Crippen LogP) is 1.95. The number of amides is 1. The second kappa shape index (κ2) is 6.63. The molecule has 2 N–H and O–H groups in total. The molecule has 0 spiro atoms. The monoisotopic (exact) mass is 394 g/mol. The lowest BCUT2D eigenvalue weighted by atomic mass is 9.84. The number of carbonyl (C=O) groups is 2. The van der Waals surface area contributed by atoms with Crippen molar-refractivity contribution in [2.24, 2.45) is 17.0 Å². The van der Waals surface area contributed by atoms with Gasteiger partial charge in [0, 0.05) is 29.2 Å². The van der Waals surface area contributed by atoms with E-state index < -0.39 is 47.0 Å². The first kappa shape index (κ1) is 18.0. The molecule has 0 saturated carbocycles. The number of aliphatic carboxylic acids is 1. The molecule has 2 heterocycles. The molecule has 27 heavy (non-hydrogen) atoms. The van der Waals surface area contributed by atoms with Gasteiger partial charge < -0.3 is 15.3 Å². The van der Waals surface area contributed by atoms with Crippen molar-refractivity contribution in [3.8, 4) is 0 Å². The number of carboxylic acid groups (broad SMARTS) is 1. The van der Waals surface area contributed by atoms with E-state index in [0.717, 1.165) is 6.07 Å². The fraction of sp³-hybridized carbons (Fsp3) is 0.389. The lowest BCUT2D eigenvalue weighted by Gasteiger charge is -2.26. The van der Waals surface area contributed by atoms with E-state index in [1.54, 1.807) is 12.2 Å². The molecule has 1 fully saturated rings. The standard InChI is InChI=1S/C18H16F2N2O4S/c19-11-3-10(4-12(20)6-11)15-14-7-27-8-18(14,26-22-15)17(25)21-13-2-1-9(5-13)16(23)24/h1-4,6,9,13-14H,5,7-8H2,(H,21,25)(H,23,24)/t9-,13+,14?,18?/m1/s1. The smallest absolute Gasteiger partial charge is 0.310 e. The Kier molecular flexibility index (Phi) is 4.41. The van der Waals surface area contributed by atoms with Gasteiger partial charge in [0.15, 0.2) is 0 Å². The van der Waals surface area contributed by atoms with Crippen LogP contribution in [-0.2, 0) is 14.4 Å². The molecule has 1 saturated heterocycles. The molecule has 4 atom stereocenters. The third-order valence-corrected chi connectivity index (χ3v) is 6.26. The van der Waals surface area contributed by atoms with Gasteiger partial charge in [0.2, 0.25) is 5.60 Å². The van der Waals surface area contributed by atoms with Gasteiger partial charge in [0.05, 0.1) is 17.5 Å². The van der Waals surface area contributed by atoms with Gasteiger partial charge in [-0.05, 0) is 18.6 Å². The molecule has 1 aliphatic carbocycles. The summed E-state index contributed by atoms with van der Waals surface area (Å²) in [5, 5.41) is 15.9. The number of halogens is 2. The van der Waals surface area contributed by atoms with Crippen molar-refractivity contribution in [2.75, 3.05) is 11.5 Å². The van der Waals surface area contributed by atoms with Crippen molar-refractivity contribution in [2.45, 2.75) is 18.1 Å². The van der Waals surface area contributed by atoms with Crippen LogP contribution in [0.3, 0.4) is 0 Å². The molecule has 0 radical (unpaired) electrons. The highest BCUT2D eigenvalue weighted by atomic mass is 32.2. The normalized spacial score (nSPS) is 31.3. The molecule has 6 nitrogen and oxygen atoms in total. The molecule has 0 bridgehead atoms. The van der Waals surface area contributed by atoms with E-state index >= 15 is 0 Å². The molecule has 1 amide bonds. The van der Waals surface area contributed by atoms with Crippen LogP contribution in [0.1, 0.15) is 12.0 Å². The second-order valence-electron chi connectivity index (χ2n) is 6.83. The number of nitrogens with zero attached hydrogens (tertiary/aromatic N) is 1. The van der Waals surface area contributed by atoms with Gasteiger partial charge >= 0.3 is 5.97 Å². The summed E-state index contributed by atoms with van der Waals surface area (Å²) in [6.45, 7) is 0. The maximum absolute atomic E-state index is 13.6. The van der Waals surface area contributed by atoms with E-state index in [1.165, 1.54) is 23.9 Å². The zero-order valence-corrected chi connectivity index (χ0v) is 14.8. The van der Waals surface area contributed by atoms with Gasteiger partial charge in [-0.25, -0.2) is 8.78 Å². The maximum Gasteiger partial charge on any atom is 0.310 e. The van der Waals surface area contributed by atoms with E-state index in [-0.39, 0.29) is 12.0 Å². The summed E-state index contributed by atoms with van der Waals surface area (Å²) in [5.41, 5.74) is -0.655. The van der Waals surface area contributed by atoms with E-state index in [2.05, 4.69) is 10.5 Å². The molecule has 0 aromatic heterocycles. The Labute approximate surface area is 157 Å². The third-order valence-electron chi connectivity index (χ3n) is 5.06. The molecule has 142 valence electrons. The number of oxime groups is 1. The first-order chi connectivity index (χ1) is 12.9. The minimum absolute atomic E-state index is 0.251. The van der Waals surface area contributed by atoms with Gasteiger partial charge in [-0.1, -0.05) is 17.3 Å². The van der Waals surface area contributed by atoms with Crippen molar-refractivity contribution in [3.05, 3.63) is 47.5 Å². The van der Waals surface area contributed by atoms with Gasteiger partial charge in [-0.3, -0.25) is 9.59 Å². The largest absolute Gasteiger partial charge is 0.481 e. The number of carboxylic acids is 1. The second-order valence-corrected chi connectivity index (χ2v) is 7.86. The number of hydrogen-bond donors (Lipinski definition) is 2. The first-order valence-corrected chi connectivity index (χ1v) is 9.57. The molecule has 2 aliphatic heterocycles. The zero-order chi connectivity index (χ0) is 19.2. The fourth-order valence-electron chi connectivity index (χ4n) is 3.65. The molecule has 9 heteroatoms. The number of carbonyl (C=O) groups excluding carboxylic acids is 1. The van der Waals surface area contributed by atoms with Crippen LogP contribution in [0.15, 0.2) is 35.5 Å². The average Bonchev–Trinajstić information content (AvgIpc) is 3.28. The molecule has 4 rings (SSSR count). The van der Waals surface area contributed by atoms with Crippen LogP contribution in [0.2, 0.25) is 0 Å². The molecule has 2 unspecified atom stereocenters. The summed E-state index contributed by atoms with van der Waals surface area (Å²) in [6, 6.07) is 2.70. The highest BCUT2D eigenvalue weighted by Gasteiger charge is 2.58. The summed E-state index contributed by atoms with van der Waals surface area (Å²) in [5.74, 6) is -2.97. The number of nitrogens with one attached hydrogen (secondary N) is 1. The van der Waals surface area contributed by atoms with Crippen molar-refractivity contribution >= 4 is 29.4 Å². The summed E-state index contributed by atoms with van der Waals surface area (Å²) in [4.78, 5) is 29.5. The number of fused-ring (bicyclic) bond motifs is 1. The Hall–Kier alpha value is -2.42. The van der Waals surface area contributed by atoms with Gasteiger partial charge in [-0.15, -0.1) is 0 Å². The van der Waals surface area contributed by atoms with E-state index in [9.17, 15) is 18.4 Å². The van der Waals surface area contributed by atoms with Crippen LogP contribution in [0, 0.1) is 23.5 Å². The third kappa shape index (κ3) is 3.09. The fourth-order valence-corrected chi connectivity index (χ4v) is 5.12. The summed E-state index contributed by atoms with van der Waals surface area (Å²) < 4.78 is 27.2. The van der Waals surface area contributed by atoms with Crippen molar-refractivity contribution in [1.29, 1.82) is 0 Å². The maximum atomic E-state index is 13.6. The van der Waals surface area contributed by atoms with Crippen LogP contribution in [0.4, 0.5) is 8.78 Å². The summed E-state index contributed by atoms with van der Waals surface area (Å²) in [7, 11) is 0. The lowest BCUT2D eigenvalue weighted by Crippen LogP contribution is -2.54. The highest BCUT2D eigenvalue weighted by Crippen LogP contribution is 2.44. The van der Waals surface area contributed by atoms with Crippen LogP contribution in [0.25, 0.3) is 0 Å². The van der Waals surface area contributed by atoms with Crippen LogP contribution in [-0.4, -0.2) is 45.8 Å². The van der Waals surface area contributed by atoms with Gasteiger partial charge in [0.25, 0.3) is 5.91 Å². The van der Waals surface area contributed by atoms with Crippen molar-refractivity contribution in [1.82, 2.24) is 5.32 Å². The minimum atomic E-state index is -1.25. The SMILES string of the molecule is O=C(O)[C@@H]1C=C[C@H](NC(=O)C23CSCC2C(c2cc(F)cc(F)c2)=NO3)C1. The molecular formula is C18H16F2N2O4S. The first-order valence-electron chi connectivity index (χ1n) is 8.41. The van der Waals surface area contributed by atoms with Crippen molar-refractivity contribution < 1.29 is 28.3 Å². The Morgan fingerprint density at radius 3 is 2.67 bits per heavy atom. The predicted molar refractivity (Wildman–Crippen MR) is 94.3 cm³/mol. The molecule has 1 aromatic carbocycles. The van der Waals surface area contributed by atoms with E-state index in [1.807, 2.05) is 0 Å². The zero-order valence-electron chi connectivity index (χ0n) is 14.0. The number of rotatable bonds is 4. The lowest BCUT2D eigenvalue weighted by molar-refractivity contribution is -0.145. The van der Waals surface area contributed by atoms with Gasteiger partial charge in [0.1, 0.15) is 11.6 Å². The van der Waals surface area contributed by atoms with Crippen LogP contribution >= 0.6 is 11.8 Å². The topological polar surface area (TPSA) is 88.0 Å². The molecule has 1 aromatic rings.